The van der Waals surface area contributed by atoms with E-state index in [0.717, 1.165) is 26.1 Å². The Balaban J connectivity index is 2.49. The Bertz CT molecular complexity index is 320. The lowest BCUT2D eigenvalue weighted by atomic mass is 10.1. The number of hydrogen-bond donors (Lipinski definition) is 2. The number of aliphatic hydroxyl groups is 1. The third-order valence-corrected chi connectivity index (χ3v) is 3.28. The monoisotopic (exact) mass is 250 g/mol. The molecule has 0 amide bonds. The normalized spacial score (nSPS) is 12.4. The summed E-state index contributed by atoms with van der Waals surface area (Å²) < 4.78 is 0. The highest BCUT2D eigenvalue weighted by Gasteiger charge is 2.03. The predicted molar refractivity (Wildman–Crippen MR) is 78.0 cm³/mol. The van der Waals surface area contributed by atoms with Crippen LogP contribution in [-0.4, -0.2) is 30.8 Å². The average Bonchev–Trinajstić information content (AvgIpc) is 2.39. The lowest BCUT2D eigenvalue weighted by Gasteiger charge is -2.21. The highest BCUT2D eigenvalue weighted by molar-refractivity contribution is 5.47. The molecule has 0 aliphatic heterocycles. The Morgan fingerprint density at radius 2 is 1.78 bits per heavy atom. The first-order valence-electron chi connectivity index (χ1n) is 6.89. The van der Waals surface area contributed by atoms with Crippen molar-refractivity contribution in [2.45, 2.75) is 39.8 Å². The summed E-state index contributed by atoms with van der Waals surface area (Å²) in [5, 5.41) is 12.2. The summed E-state index contributed by atoms with van der Waals surface area (Å²) in [6, 6.07) is 9.07. The molecule has 3 nitrogen and oxygen atoms in total. The van der Waals surface area contributed by atoms with Gasteiger partial charge in [0.05, 0.1) is 0 Å². The van der Waals surface area contributed by atoms with Gasteiger partial charge in [-0.05, 0) is 44.9 Å². The lowest BCUT2D eigenvalue weighted by Crippen LogP contribution is -2.26. The molecule has 102 valence electrons. The maximum Gasteiger partial charge on any atom is 0.0445 e. The molecule has 0 radical (unpaired) electrons. The van der Waals surface area contributed by atoms with Gasteiger partial charge in [-0.3, -0.25) is 0 Å². The van der Waals surface area contributed by atoms with Crippen molar-refractivity contribution in [1.82, 2.24) is 5.32 Å². The van der Waals surface area contributed by atoms with Crippen LogP contribution in [0, 0.1) is 0 Å². The van der Waals surface area contributed by atoms with Gasteiger partial charge in [0.1, 0.15) is 0 Å². The number of hydrogen-bond acceptors (Lipinski definition) is 3. The molecule has 2 N–H and O–H groups in total. The van der Waals surface area contributed by atoms with E-state index in [9.17, 15) is 0 Å². The topological polar surface area (TPSA) is 35.5 Å². The second-order valence-electron chi connectivity index (χ2n) is 4.63. The largest absolute Gasteiger partial charge is 0.396 e. The van der Waals surface area contributed by atoms with E-state index in [4.69, 9.17) is 5.11 Å². The molecule has 0 fully saturated rings. The van der Waals surface area contributed by atoms with Gasteiger partial charge in [-0.1, -0.05) is 12.1 Å². The van der Waals surface area contributed by atoms with Crippen LogP contribution in [0.4, 0.5) is 5.69 Å². The summed E-state index contributed by atoms with van der Waals surface area (Å²) >= 11 is 0. The van der Waals surface area contributed by atoms with E-state index in [-0.39, 0.29) is 6.61 Å². The lowest BCUT2D eigenvalue weighted by molar-refractivity contribution is 0.268. The number of anilines is 1. The number of benzene rings is 1. The van der Waals surface area contributed by atoms with E-state index in [1.165, 1.54) is 11.3 Å². The molecular formula is C15H26N2O. The summed E-state index contributed by atoms with van der Waals surface area (Å²) in [7, 11) is 0. The van der Waals surface area contributed by atoms with E-state index in [2.05, 4.69) is 55.3 Å². The Kier molecular flexibility index (Phi) is 6.76. The fourth-order valence-corrected chi connectivity index (χ4v) is 2.00. The zero-order valence-corrected chi connectivity index (χ0v) is 11.8. The second-order valence-corrected chi connectivity index (χ2v) is 4.63. The van der Waals surface area contributed by atoms with Crippen LogP contribution >= 0.6 is 0 Å². The Morgan fingerprint density at radius 1 is 1.17 bits per heavy atom. The fraction of sp³-hybridized carbons (Fsp3) is 0.600. The van der Waals surface area contributed by atoms with E-state index in [0.29, 0.717) is 6.04 Å². The van der Waals surface area contributed by atoms with Crippen LogP contribution in [0.5, 0.6) is 0 Å². The van der Waals surface area contributed by atoms with Crippen LogP contribution in [0.15, 0.2) is 24.3 Å². The summed E-state index contributed by atoms with van der Waals surface area (Å²) in [5.74, 6) is 0. The quantitative estimate of drug-likeness (QED) is 0.743. The first-order valence-corrected chi connectivity index (χ1v) is 6.89. The van der Waals surface area contributed by atoms with Crippen molar-refractivity contribution in [3.05, 3.63) is 29.8 Å². The van der Waals surface area contributed by atoms with Crippen LogP contribution < -0.4 is 10.2 Å². The molecule has 0 spiro atoms. The average molecular weight is 250 g/mol. The van der Waals surface area contributed by atoms with Gasteiger partial charge in [0.2, 0.25) is 0 Å². The first kappa shape index (κ1) is 15.0. The van der Waals surface area contributed by atoms with E-state index in [1.54, 1.807) is 0 Å². The molecule has 1 atom stereocenters. The maximum absolute atomic E-state index is 8.84. The number of nitrogens with one attached hydrogen (secondary N) is 1. The van der Waals surface area contributed by atoms with E-state index >= 15 is 0 Å². The van der Waals surface area contributed by atoms with Crippen molar-refractivity contribution in [1.29, 1.82) is 0 Å². The number of aliphatic hydroxyl groups excluding tert-OH is 1. The molecule has 1 unspecified atom stereocenters. The molecule has 0 aromatic heterocycles. The van der Waals surface area contributed by atoms with Crippen molar-refractivity contribution in [2.24, 2.45) is 0 Å². The van der Waals surface area contributed by atoms with E-state index in [1.807, 2.05) is 0 Å². The standard InChI is InChI=1S/C15H26N2O/c1-4-17(5-2)15-8-6-14(7-9-15)12-16-13(3)10-11-18/h6-9,13,16,18H,4-5,10-12H2,1-3H3. The zero-order chi connectivity index (χ0) is 13.4. The maximum atomic E-state index is 8.84. The molecule has 0 saturated heterocycles. The molecule has 0 aliphatic carbocycles. The SMILES string of the molecule is CCN(CC)c1ccc(CNC(C)CCO)cc1. The molecule has 18 heavy (non-hydrogen) atoms. The minimum absolute atomic E-state index is 0.245. The summed E-state index contributed by atoms with van der Waals surface area (Å²) in [5.41, 5.74) is 2.57. The van der Waals surface area contributed by atoms with Crippen molar-refractivity contribution in [3.63, 3.8) is 0 Å². The molecule has 1 aromatic rings. The molecule has 0 aliphatic rings. The van der Waals surface area contributed by atoms with Gasteiger partial charge >= 0.3 is 0 Å². The highest BCUT2D eigenvalue weighted by Crippen LogP contribution is 2.14. The number of rotatable bonds is 8. The van der Waals surface area contributed by atoms with Crippen LogP contribution in [-0.2, 0) is 6.54 Å². The summed E-state index contributed by atoms with van der Waals surface area (Å²) in [6.07, 6.45) is 0.803. The van der Waals surface area contributed by atoms with Crippen LogP contribution in [0.3, 0.4) is 0 Å². The predicted octanol–water partition coefficient (Wildman–Crippen LogP) is 2.39. The zero-order valence-electron chi connectivity index (χ0n) is 11.8. The van der Waals surface area contributed by atoms with Crippen LogP contribution in [0.1, 0.15) is 32.8 Å². The van der Waals surface area contributed by atoms with E-state index < -0.39 is 0 Å². The molecular weight excluding hydrogens is 224 g/mol. The third-order valence-electron chi connectivity index (χ3n) is 3.28. The summed E-state index contributed by atoms with van der Waals surface area (Å²) in [4.78, 5) is 2.34. The van der Waals surface area contributed by atoms with Crippen molar-refractivity contribution >= 4 is 5.69 Å². The molecule has 1 aromatic carbocycles. The van der Waals surface area contributed by atoms with Gasteiger partial charge in [-0.15, -0.1) is 0 Å². The van der Waals surface area contributed by atoms with Gasteiger partial charge in [0.15, 0.2) is 0 Å². The fourth-order valence-electron chi connectivity index (χ4n) is 2.00. The second kappa shape index (κ2) is 8.11. The Hall–Kier alpha value is -1.06. The van der Waals surface area contributed by atoms with Gasteiger partial charge in [0, 0.05) is 38.0 Å². The van der Waals surface area contributed by atoms with Gasteiger partial charge < -0.3 is 15.3 Å². The molecule has 0 heterocycles. The minimum Gasteiger partial charge on any atom is -0.396 e. The highest BCUT2D eigenvalue weighted by atomic mass is 16.3. The van der Waals surface area contributed by atoms with Gasteiger partial charge in [-0.25, -0.2) is 0 Å². The molecule has 0 bridgehead atoms. The number of nitrogens with zero attached hydrogens (tertiary/aromatic N) is 1. The molecule has 3 heteroatoms. The van der Waals surface area contributed by atoms with Gasteiger partial charge in [-0.2, -0.15) is 0 Å². The third kappa shape index (κ3) is 4.67. The van der Waals surface area contributed by atoms with Crippen molar-refractivity contribution in [3.8, 4) is 0 Å². The molecule has 0 saturated carbocycles. The first-order chi connectivity index (χ1) is 8.71. The summed E-state index contributed by atoms with van der Waals surface area (Å²) in [6.45, 7) is 9.64. The Morgan fingerprint density at radius 3 is 2.28 bits per heavy atom. The smallest absolute Gasteiger partial charge is 0.0445 e. The molecule has 1 rings (SSSR count). The van der Waals surface area contributed by atoms with Gasteiger partial charge in [0.25, 0.3) is 0 Å². The van der Waals surface area contributed by atoms with Crippen molar-refractivity contribution < 1.29 is 5.11 Å². The van der Waals surface area contributed by atoms with Crippen LogP contribution in [0.2, 0.25) is 0 Å². The van der Waals surface area contributed by atoms with Crippen molar-refractivity contribution in [2.75, 3.05) is 24.6 Å². The Labute approximate surface area is 111 Å². The minimum atomic E-state index is 0.245. The van der Waals surface area contributed by atoms with Crippen LogP contribution in [0.25, 0.3) is 0 Å².